The SMILES string of the molecule is C=CCOC(=O)N1CCN(C(=O)c2ccc3c(c2)C(=O)N(CCCOC)C3=O)CC1. The van der Waals surface area contributed by atoms with Gasteiger partial charge in [-0.3, -0.25) is 19.3 Å². The van der Waals surface area contributed by atoms with Gasteiger partial charge >= 0.3 is 6.09 Å². The first-order valence-corrected chi connectivity index (χ1v) is 9.79. The number of benzene rings is 1. The Balaban J connectivity index is 1.64. The van der Waals surface area contributed by atoms with Crippen LogP contribution in [0.15, 0.2) is 30.9 Å². The van der Waals surface area contributed by atoms with Crippen molar-refractivity contribution in [1.29, 1.82) is 0 Å². The maximum Gasteiger partial charge on any atom is 0.410 e. The van der Waals surface area contributed by atoms with Gasteiger partial charge in [0.1, 0.15) is 6.61 Å². The Morgan fingerprint density at radius 3 is 2.40 bits per heavy atom. The third-order valence-corrected chi connectivity index (χ3v) is 5.10. The molecule has 2 aliphatic heterocycles. The summed E-state index contributed by atoms with van der Waals surface area (Å²) in [7, 11) is 1.56. The zero-order chi connectivity index (χ0) is 21.7. The zero-order valence-corrected chi connectivity index (χ0v) is 17.0. The number of carbonyl (C=O) groups excluding carboxylic acids is 4. The van der Waals surface area contributed by atoms with Gasteiger partial charge in [0, 0.05) is 52.0 Å². The van der Waals surface area contributed by atoms with Gasteiger partial charge in [-0.15, -0.1) is 0 Å². The first-order chi connectivity index (χ1) is 14.5. The highest BCUT2D eigenvalue weighted by Crippen LogP contribution is 2.25. The maximum absolute atomic E-state index is 12.9. The van der Waals surface area contributed by atoms with E-state index in [0.29, 0.717) is 50.3 Å². The monoisotopic (exact) mass is 415 g/mol. The molecule has 0 saturated carbocycles. The Morgan fingerprint density at radius 2 is 1.73 bits per heavy atom. The number of piperazine rings is 1. The quantitative estimate of drug-likeness (QED) is 0.379. The molecule has 0 atom stereocenters. The summed E-state index contributed by atoms with van der Waals surface area (Å²) in [5, 5.41) is 0. The number of hydrogen-bond acceptors (Lipinski definition) is 6. The Kier molecular flexibility index (Phi) is 6.83. The summed E-state index contributed by atoms with van der Waals surface area (Å²) in [6.45, 7) is 5.79. The van der Waals surface area contributed by atoms with Crippen molar-refractivity contribution in [2.75, 3.05) is 53.0 Å². The molecule has 9 heteroatoms. The number of fused-ring (bicyclic) bond motifs is 1. The Bertz CT molecular complexity index is 860. The molecule has 4 amide bonds. The summed E-state index contributed by atoms with van der Waals surface area (Å²) in [6, 6.07) is 4.58. The number of imide groups is 1. The molecule has 0 unspecified atom stereocenters. The minimum absolute atomic E-state index is 0.141. The van der Waals surface area contributed by atoms with Gasteiger partial charge in [0.2, 0.25) is 0 Å². The van der Waals surface area contributed by atoms with E-state index in [1.165, 1.54) is 28.0 Å². The lowest BCUT2D eigenvalue weighted by atomic mass is 10.0. The molecule has 30 heavy (non-hydrogen) atoms. The summed E-state index contributed by atoms with van der Waals surface area (Å²) in [6.07, 6.45) is 1.61. The van der Waals surface area contributed by atoms with Crippen LogP contribution in [-0.4, -0.2) is 91.6 Å². The number of ether oxygens (including phenoxy) is 2. The predicted molar refractivity (Wildman–Crippen MR) is 107 cm³/mol. The fourth-order valence-corrected chi connectivity index (χ4v) is 3.49. The van der Waals surface area contributed by atoms with E-state index < -0.39 is 12.0 Å². The second-order valence-corrected chi connectivity index (χ2v) is 7.01. The van der Waals surface area contributed by atoms with Crippen LogP contribution in [0, 0.1) is 0 Å². The van der Waals surface area contributed by atoms with E-state index in [0.717, 1.165) is 0 Å². The fraction of sp³-hybridized carbons (Fsp3) is 0.429. The van der Waals surface area contributed by atoms with Gasteiger partial charge in [-0.25, -0.2) is 4.79 Å². The average molecular weight is 415 g/mol. The number of carbonyl (C=O) groups is 4. The largest absolute Gasteiger partial charge is 0.445 e. The predicted octanol–water partition coefficient (Wildman–Crippen LogP) is 1.40. The number of methoxy groups -OCH3 is 1. The summed E-state index contributed by atoms with van der Waals surface area (Å²) in [5.74, 6) is -0.984. The summed E-state index contributed by atoms with van der Waals surface area (Å²) < 4.78 is 9.98. The van der Waals surface area contributed by atoms with Crippen molar-refractivity contribution < 1.29 is 28.7 Å². The molecule has 1 aromatic rings. The Morgan fingerprint density at radius 1 is 1.07 bits per heavy atom. The van der Waals surface area contributed by atoms with Gasteiger partial charge in [-0.2, -0.15) is 0 Å². The fourth-order valence-electron chi connectivity index (χ4n) is 3.49. The highest BCUT2D eigenvalue weighted by atomic mass is 16.6. The van der Waals surface area contributed by atoms with E-state index in [1.807, 2.05) is 0 Å². The van der Waals surface area contributed by atoms with Gasteiger partial charge in [0.25, 0.3) is 17.7 Å². The van der Waals surface area contributed by atoms with Crippen molar-refractivity contribution in [3.05, 3.63) is 47.5 Å². The van der Waals surface area contributed by atoms with Crippen LogP contribution in [0.3, 0.4) is 0 Å². The van der Waals surface area contributed by atoms with Crippen molar-refractivity contribution in [3.8, 4) is 0 Å². The standard InChI is InChI=1S/C21H25N3O6/c1-3-12-30-21(28)23-10-8-22(9-11-23)18(25)15-5-6-16-17(14-15)20(27)24(19(16)26)7-4-13-29-2/h3,5-6,14H,1,4,7-13H2,2H3. The van der Waals surface area contributed by atoms with Crippen LogP contribution >= 0.6 is 0 Å². The molecule has 3 rings (SSSR count). The molecular formula is C21H25N3O6. The minimum atomic E-state index is -0.433. The second-order valence-electron chi connectivity index (χ2n) is 7.01. The zero-order valence-electron chi connectivity index (χ0n) is 17.0. The van der Waals surface area contributed by atoms with Gasteiger partial charge in [0.15, 0.2) is 0 Å². The molecule has 1 aromatic carbocycles. The van der Waals surface area contributed by atoms with Crippen molar-refractivity contribution in [2.24, 2.45) is 0 Å². The van der Waals surface area contributed by atoms with Crippen LogP contribution < -0.4 is 0 Å². The number of nitrogens with zero attached hydrogens (tertiary/aromatic N) is 3. The second kappa shape index (κ2) is 9.53. The summed E-state index contributed by atoms with van der Waals surface area (Å²) in [4.78, 5) is 54.2. The van der Waals surface area contributed by atoms with Crippen LogP contribution in [0.5, 0.6) is 0 Å². The first-order valence-electron chi connectivity index (χ1n) is 9.79. The van der Waals surface area contributed by atoms with Crippen LogP contribution in [0.2, 0.25) is 0 Å². The molecule has 160 valence electrons. The maximum atomic E-state index is 12.9. The molecule has 0 aliphatic carbocycles. The van der Waals surface area contributed by atoms with Crippen LogP contribution in [0.4, 0.5) is 4.79 Å². The summed E-state index contributed by atoms with van der Waals surface area (Å²) >= 11 is 0. The van der Waals surface area contributed by atoms with E-state index in [1.54, 1.807) is 18.1 Å². The number of hydrogen-bond donors (Lipinski definition) is 0. The lowest BCUT2D eigenvalue weighted by Gasteiger charge is -2.34. The lowest BCUT2D eigenvalue weighted by molar-refractivity contribution is 0.0580. The molecule has 1 saturated heterocycles. The Labute approximate surface area is 174 Å². The van der Waals surface area contributed by atoms with Gasteiger partial charge in [-0.05, 0) is 24.6 Å². The molecule has 2 aliphatic rings. The third-order valence-electron chi connectivity index (χ3n) is 5.10. The van der Waals surface area contributed by atoms with Crippen molar-refractivity contribution >= 4 is 23.8 Å². The van der Waals surface area contributed by atoms with E-state index >= 15 is 0 Å². The number of amides is 4. The average Bonchev–Trinajstić information content (AvgIpc) is 3.01. The molecule has 1 fully saturated rings. The lowest BCUT2D eigenvalue weighted by Crippen LogP contribution is -2.50. The number of rotatable bonds is 7. The molecule has 9 nitrogen and oxygen atoms in total. The van der Waals surface area contributed by atoms with E-state index in [4.69, 9.17) is 9.47 Å². The molecule has 0 aromatic heterocycles. The van der Waals surface area contributed by atoms with Gasteiger partial charge < -0.3 is 19.3 Å². The van der Waals surface area contributed by atoms with Crippen molar-refractivity contribution in [2.45, 2.75) is 6.42 Å². The third kappa shape index (κ3) is 4.35. The molecular weight excluding hydrogens is 390 g/mol. The van der Waals surface area contributed by atoms with Gasteiger partial charge in [0.05, 0.1) is 11.1 Å². The van der Waals surface area contributed by atoms with Gasteiger partial charge in [-0.1, -0.05) is 12.7 Å². The van der Waals surface area contributed by atoms with Crippen molar-refractivity contribution in [3.63, 3.8) is 0 Å². The van der Waals surface area contributed by atoms with Crippen LogP contribution in [-0.2, 0) is 9.47 Å². The molecule has 0 radical (unpaired) electrons. The van der Waals surface area contributed by atoms with Crippen LogP contribution in [0.25, 0.3) is 0 Å². The smallest absolute Gasteiger partial charge is 0.410 e. The molecule has 0 bridgehead atoms. The normalized spacial score (nSPS) is 16.0. The molecule has 0 N–H and O–H groups in total. The van der Waals surface area contributed by atoms with Crippen LogP contribution in [0.1, 0.15) is 37.5 Å². The molecule has 2 heterocycles. The van der Waals surface area contributed by atoms with E-state index in [-0.39, 0.29) is 30.5 Å². The van der Waals surface area contributed by atoms with E-state index in [2.05, 4.69) is 6.58 Å². The molecule has 0 spiro atoms. The first kappa shape index (κ1) is 21.5. The topological polar surface area (TPSA) is 96.5 Å². The Hall–Kier alpha value is -3.20. The van der Waals surface area contributed by atoms with Crippen molar-refractivity contribution in [1.82, 2.24) is 14.7 Å². The van der Waals surface area contributed by atoms with E-state index in [9.17, 15) is 19.2 Å². The highest BCUT2D eigenvalue weighted by molar-refractivity contribution is 6.22. The highest BCUT2D eigenvalue weighted by Gasteiger charge is 2.36. The minimum Gasteiger partial charge on any atom is -0.445 e. The summed E-state index contributed by atoms with van der Waals surface area (Å²) in [5.41, 5.74) is 0.898.